The number of benzene rings is 2. The predicted molar refractivity (Wildman–Crippen MR) is 111 cm³/mol. The Morgan fingerprint density at radius 3 is 2.67 bits per heavy atom. The van der Waals surface area contributed by atoms with Crippen LogP contribution in [0.5, 0.6) is 0 Å². The molecule has 0 aliphatic heterocycles. The largest absolute Gasteiger partial charge is 0.334 e. The monoisotopic (exact) mass is 396 g/mol. The molecule has 2 aromatic heterocycles. The Kier molecular flexibility index (Phi) is 5.07. The highest BCUT2D eigenvalue weighted by Crippen LogP contribution is 2.30. The second kappa shape index (κ2) is 7.64. The lowest BCUT2D eigenvalue weighted by Gasteiger charge is -2.12. The van der Waals surface area contributed by atoms with Gasteiger partial charge in [0.1, 0.15) is 17.4 Å². The van der Waals surface area contributed by atoms with Crippen molar-refractivity contribution in [2.24, 2.45) is 0 Å². The minimum atomic E-state index is -0.0905. The standard InChI is InChI=1S/C21H18ClN3OS/c1-13(15-9-5-6-10-17(15)22)23-12-19-24-20(26)16-11-18(27-21(16)25-19)14-7-3-2-4-8-14/h2-11,13,23H,12H2,1H3,(H,24,25,26)/p+1/t13-/m1/s1. The zero-order valence-electron chi connectivity index (χ0n) is 14.8. The lowest BCUT2D eigenvalue weighted by atomic mass is 10.1. The fraction of sp³-hybridized carbons (Fsp3) is 0.143. The van der Waals surface area contributed by atoms with E-state index in [4.69, 9.17) is 11.6 Å². The summed E-state index contributed by atoms with van der Waals surface area (Å²) in [6.07, 6.45) is 0. The average molecular weight is 397 g/mol. The van der Waals surface area contributed by atoms with E-state index >= 15 is 0 Å². The van der Waals surface area contributed by atoms with Crippen molar-refractivity contribution in [3.05, 3.63) is 87.4 Å². The maximum absolute atomic E-state index is 12.5. The number of nitrogens with zero attached hydrogens (tertiary/aromatic N) is 1. The van der Waals surface area contributed by atoms with Crippen LogP contribution in [0.3, 0.4) is 0 Å². The number of thiophene rings is 1. The number of nitrogens with two attached hydrogens (primary N) is 1. The van der Waals surface area contributed by atoms with Crippen molar-refractivity contribution in [3.8, 4) is 10.4 Å². The lowest BCUT2D eigenvalue weighted by molar-refractivity contribution is -0.708. The maximum atomic E-state index is 12.5. The summed E-state index contributed by atoms with van der Waals surface area (Å²) in [5.74, 6) is 0.674. The highest BCUT2D eigenvalue weighted by molar-refractivity contribution is 7.21. The van der Waals surface area contributed by atoms with Crippen LogP contribution in [0.4, 0.5) is 0 Å². The van der Waals surface area contributed by atoms with Gasteiger partial charge in [-0.1, -0.05) is 60.1 Å². The van der Waals surface area contributed by atoms with E-state index < -0.39 is 0 Å². The van der Waals surface area contributed by atoms with Crippen LogP contribution in [0.2, 0.25) is 5.02 Å². The lowest BCUT2D eigenvalue weighted by Crippen LogP contribution is -2.83. The van der Waals surface area contributed by atoms with Crippen LogP contribution < -0.4 is 10.9 Å². The SMILES string of the molecule is C[C@@H]([NH2+]Cc1nc2sc(-c3ccccc3)cc2c(=O)[nH]1)c1ccccc1Cl. The highest BCUT2D eigenvalue weighted by Gasteiger charge is 2.14. The van der Waals surface area contributed by atoms with Gasteiger partial charge in [-0.2, -0.15) is 0 Å². The molecule has 27 heavy (non-hydrogen) atoms. The molecule has 1 atom stereocenters. The number of hydrogen-bond donors (Lipinski definition) is 2. The van der Waals surface area contributed by atoms with Crippen LogP contribution >= 0.6 is 22.9 Å². The molecule has 2 aromatic carbocycles. The molecule has 0 saturated carbocycles. The molecule has 136 valence electrons. The number of halogens is 1. The topological polar surface area (TPSA) is 62.4 Å². The van der Waals surface area contributed by atoms with E-state index in [1.807, 2.05) is 60.7 Å². The smallest absolute Gasteiger partial charge is 0.259 e. The van der Waals surface area contributed by atoms with Gasteiger partial charge < -0.3 is 10.3 Å². The van der Waals surface area contributed by atoms with E-state index in [1.165, 1.54) is 0 Å². The Morgan fingerprint density at radius 1 is 1.15 bits per heavy atom. The first-order chi connectivity index (χ1) is 13.1. The normalized spacial score (nSPS) is 12.4. The first-order valence-electron chi connectivity index (χ1n) is 8.78. The number of hydrogen-bond acceptors (Lipinski definition) is 3. The summed E-state index contributed by atoms with van der Waals surface area (Å²) in [4.78, 5) is 21.9. The Balaban J connectivity index is 1.58. The molecule has 4 rings (SSSR count). The Morgan fingerprint density at radius 2 is 1.89 bits per heavy atom. The van der Waals surface area contributed by atoms with E-state index in [1.54, 1.807) is 11.3 Å². The van der Waals surface area contributed by atoms with Crippen LogP contribution in [-0.2, 0) is 6.54 Å². The van der Waals surface area contributed by atoms with E-state index in [-0.39, 0.29) is 11.6 Å². The summed E-state index contributed by atoms with van der Waals surface area (Å²) in [5, 5.41) is 3.52. The highest BCUT2D eigenvalue weighted by atomic mass is 35.5. The van der Waals surface area contributed by atoms with Crippen molar-refractivity contribution >= 4 is 33.2 Å². The van der Waals surface area contributed by atoms with Crippen LogP contribution in [-0.4, -0.2) is 9.97 Å². The van der Waals surface area contributed by atoms with Gasteiger partial charge in [0.15, 0.2) is 5.82 Å². The van der Waals surface area contributed by atoms with E-state index in [2.05, 4.69) is 22.2 Å². The molecule has 0 saturated heterocycles. The summed E-state index contributed by atoms with van der Waals surface area (Å²) >= 11 is 7.82. The minimum absolute atomic E-state index is 0.0905. The van der Waals surface area contributed by atoms with Crippen molar-refractivity contribution in [1.82, 2.24) is 9.97 Å². The van der Waals surface area contributed by atoms with Crippen molar-refractivity contribution in [3.63, 3.8) is 0 Å². The second-order valence-corrected chi connectivity index (χ2v) is 7.90. The molecule has 0 bridgehead atoms. The van der Waals surface area contributed by atoms with Crippen LogP contribution in [0.25, 0.3) is 20.7 Å². The van der Waals surface area contributed by atoms with Gasteiger partial charge in [0.25, 0.3) is 5.56 Å². The third-order valence-corrected chi connectivity index (χ3v) is 5.99. The molecule has 4 nitrogen and oxygen atoms in total. The summed E-state index contributed by atoms with van der Waals surface area (Å²) in [5.41, 5.74) is 2.08. The number of aromatic nitrogens is 2. The molecule has 0 aliphatic carbocycles. The molecule has 0 aliphatic rings. The van der Waals surface area contributed by atoms with Crippen molar-refractivity contribution in [1.29, 1.82) is 0 Å². The van der Waals surface area contributed by atoms with Crippen LogP contribution in [0.15, 0.2) is 65.5 Å². The second-order valence-electron chi connectivity index (χ2n) is 6.46. The number of nitrogens with one attached hydrogen (secondary N) is 1. The Bertz CT molecular complexity index is 1140. The van der Waals surface area contributed by atoms with Gasteiger partial charge in [0.05, 0.1) is 5.39 Å². The van der Waals surface area contributed by atoms with Gasteiger partial charge in [0, 0.05) is 15.5 Å². The Hall–Kier alpha value is -2.47. The zero-order chi connectivity index (χ0) is 18.8. The molecule has 0 unspecified atom stereocenters. The molecule has 0 amide bonds. The van der Waals surface area contributed by atoms with Crippen LogP contribution in [0, 0.1) is 0 Å². The van der Waals surface area contributed by atoms with E-state index in [9.17, 15) is 4.79 Å². The van der Waals surface area contributed by atoms with Gasteiger partial charge in [0.2, 0.25) is 0 Å². The molecule has 2 heterocycles. The van der Waals surface area contributed by atoms with Gasteiger partial charge in [-0.3, -0.25) is 4.79 Å². The molecule has 0 radical (unpaired) electrons. The number of aromatic amines is 1. The van der Waals surface area contributed by atoms with Gasteiger partial charge in [-0.05, 0) is 24.6 Å². The van der Waals surface area contributed by atoms with Crippen molar-refractivity contribution < 1.29 is 5.32 Å². The van der Waals surface area contributed by atoms with Gasteiger partial charge in [-0.15, -0.1) is 11.3 Å². The molecule has 4 aromatic rings. The van der Waals surface area contributed by atoms with E-state index in [0.717, 1.165) is 25.9 Å². The predicted octanol–water partition coefficient (Wildman–Crippen LogP) is 4.13. The summed E-state index contributed by atoms with van der Waals surface area (Å²) in [7, 11) is 0. The molecule has 0 spiro atoms. The maximum Gasteiger partial charge on any atom is 0.259 e. The van der Waals surface area contributed by atoms with E-state index in [0.29, 0.717) is 17.8 Å². The summed E-state index contributed by atoms with van der Waals surface area (Å²) in [6.45, 7) is 2.67. The number of rotatable bonds is 5. The minimum Gasteiger partial charge on any atom is -0.334 e. The third-order valence-electron chi connectivity index (χ3n) is 4.57. The first-order valence-corrected chi connectivity index (χ1v) is 9.97. The molecule has 3 N–H and O–H groups in total. The number of fused-ring (bicyclic) bond motifs is 1. The third kappa shape index (κ3) is 3.81. The summed E-state index contributed by atoms with van der Waals surface area (Å²) < 4.78 is 0. The Labute approximate surface area is 165 Å². The molecular formula is C21H19ClN3OS+. The summed E-state index contributed by atoms with van der Waals surface area (Å²) in [6, 6.07) is 20.0. The first kappa shape index (κ1) is 17.9. The number of H-pyrrole nitrogens is 1. The van der Waals surface area contributed by atoms with Crippen molar-refractivity contribution in [2.45, 2.75) is 19.5 Å². The van der Waals surface area contributed by atoms with Gasteiger partial charge >= 0.3 is 0 Å². The van der Waals surface area contributed by atoms with Crippen molar-refractivity contribution in [2.75, 3.05) is 0 Å². The van der Waals surface area contributed by atoms with Crippen LogP contribution in [0.1, 0.15) is 24.4 Å². The quantitative estimate of drug-likeness (QED) is 0.532. The molecule has 6 heteroatoms. The zero-order valence-corrected chi connectivity index (χ0v) is 16.3. The molecule has 0 fully saturated rings. The fourth-order valence-electron chi connectivity index (χ4n) is 3.08. The number of quaternary nitrogens is 1. The van der Waals surface area contributed by atoms with Gasteiger partial charge in [-0.25, -0.2) is 4.98 Å². The fourth-order valence-corrected chi connectivity index (χ4v) is 4.44. The average Bonchev–Trinajstić information content (AvgIpc) is 3.12. The molecular weight excluding hydrogens is 378 g/mol.